The normalized spacial score (nSPS) is 16.3. The van der Waals surface area contributed by atoms with Crippen LogP contribution in [0.2, 0.25) is 0 Å². The van der Waals surface area contributed by atoms with Gasteiger partial charge in [0.05, 0.1) is 0 Å². The first-order valence-electron chi connectivity index (χ1n) is 11.1. The maximum atomic E-state index is 9.44. The first-order valence-corrected chi connectivity index (χ1v) is 11.1. The molecule has 2 heteroatoms. The molecular weight excluding hydrogens is 378 g/mol. The molecule has 0 unspecified atom stereocenters. The van der Waals surface area contributed by atoms with E-state index in [1.807, 2.05) is 26.0 Å². The first-order chi connectivity index (χ1) is 14.5. The molecule has 0 fully saturated rings. The lowest BCUT2D eigenvalue weighted by Gasteiger charge is -2.28. The van der Waals surface area contributed by atoms with E-state index in [9.17, 15) is 5.11 Å². The Morgan fingerprint density at radius 2 is 1.90 bits per heavy atom. The molecule has 3 N–H and O–H groups in total. The number of aliphatic hydroxyl groups excluding tert-OH is 1. The van der Waals surface area contributed by atoms with Crippen molar-refractivity contribution in [2.75, 3.05) is 0 Å². The summed E-state index contributed by atoms with van der Waals surface area (Å²) in [7, 11) is 0. The van der Waals surface area contributed by atoms with Gasteiger partial charge in [-0.25, -0.2) is 0 Å². The van der Waals surface area contributed by atoms with Gasteiger partial charge in [0.15, 0.2) is 0 Å². The van der Waals surface area contributed by atoms with Gasteiger partial charge < -0.3 is 10.8 Å². The lowest BCUT2D eigenvalue weighted by molar-refractivity contribution is 0.303. The summed E-state index contributed by atoms with van der Waals surface area (Å²) in [6.07, 6.45) is 16.5. The van der Waals surface area contributed by atoms with Gasteiger partial charge in [-0.2, -0.15) is 0 Å². The van der Waals surface area contributed by atoms with Crippen LogP contribution in [0.1, 0.15) is 71.9 Å². The second-order valence-corrected chi connectivity index (χ2v) is 9.34. The maximum absolute atomic E-state index is 9.44. The quantitative estimate of drug-likeness (QED) is 0.458. The van der Waals surface area contributed by atoms with Crippen LogP contribution in [0.15, 0.2) is 96.5 Å². The van der Waals surface area contributed by atoms with E-state index in [0.29, 0.717) is 17.4 Å². The van der Waals surface area contributed by atoms with Crippen LogP contribution < -0.4 is 5.73 Å². The Hall–Kier alpha value is -2.74. The summed E-state index contributed by atoms with van der Waals surface area (Å²) in [4.78, 5) is 0. The van der Waals surface area contributed by atoms with E-state index >= 15 is 0 Å². The van der Waals surface area contributed by atoms with Crippen LogP contribution in [-0.4, -0.2) is 5.11 Å². The van der Waals surface area contributed by atoms with Crippen LogP contribution in [0.25, 0.3) is 0 Å². The summed E-state index contributed by atoms with van der Waals surface area (Å²) in [6.45, 7) is 19.0. The van der Waals surface area contributed by atoms with Crippen LogP contribution >= 0.6 is 0 Å². The van der Waals surface area contributed by atoms with Crippen LogP contribution in [0.3, 0.4) is 0 Å². The zero-order valence-corrected chi connectivity index (χ0v) is 20.4. The van der Waals surface area contributed by atoms with Crippen molar-refractivity contribution >= 4 is 0 Å². The van der Waals surface area contributed by atoms with E-state index in [0.717, 1.165) is 6.42 Å². The molecule has 2 rings (SSSR count). The lowest BCUT2D eigenvalue weighted by Crippen LogP contribution is -2.19. The molecule has 0 saturated heterocycles. The van der Waals surface area contributed by atoms with Gasteiger partial charge in [0.2, 0.25) is 0 Å². The number of hydrogen-bond donors (Lipinski definition) is 2. The van der Waals surface area contributed by atoms with Crippen LogP contribution in [0.5, 0.6) is 0 Å². The number of rotatable bonds is 6. The molecule has 1 aliphatic carbocycles. The molecule has 0 aliphatic heterocycles. The van der Waals surface area contributed by atoms with E-state index in [1.165, 1.54) is 16.7 Å². The van der Waals surface area contributed by atoms with Gasteiger partial charge in [-0.1, -0.05) is 95.8 Å². The highest BCUT2D eigenvalue weighted by atomic mass is 16.3. The SMILES string of the molecule is C=C/C(=C\C=C/CC)C(C)(C)c1cccc(C(C)C)c1.CC1(C)C=CC(N)=CC=C1O. The molecule has 1 aromatic rings. The molecule has 0 aromatic heterocycles. The zero-order chi connectivity index (χ0) is 23.7. The summed E-state index contributed by atoms with van der Waals surface area (Å²) >= 11 is 0. The number of nitrogens with two attached hydrogens (primary N) is 1. The fraction of sp³-hybridized carbons (Fsp3) is 0.379. The fourth-order valence-electron chi connectivity index (χ4n) is 3.13. The average molecular weight is 420 g/mol. The third-order valence-electron chi connectivity index (χ3n) is 5.65. The molecule has 0 amide bonds. The van der Waals surface area contributed by atoms with Gasteiger partial charge in [-0.05, 0) is 61.1 Å². The second-order valence-electron chi connectivity index (χ2n) is 9.34. The van der Waals surface area contributed by atoms with Crippen molar-refractivity contribution in [3.05, 3.63) is 108 Å². The smallest absolute Gasteiger partial charge is 0.102 e. The summed E-state index contributed by atoms with van der Waals surface area (Å²) < 4.78 is 0. The Morgan fingerprint density at radius 1 is 1.23 bits per heavy atom. The van der Waals surface area contributed by atoms with Crippen LogP contribution in [0.4, 0.5) is 0 Å². The summed E-state index contributed by atoms with van der Waals surface area (Å²) in [5.74, 6) is 0.899. The molecule has 1 aromatic carbocycles. The van der Waals surface area contributed by atoms with Gasteiger partial charge >= 0.3 is 0 Å². The van der Waals surface area contributed by atoms with Crippen molar-refractivity contribution < 1.29 is 5.11 Å². The van der Waals surface area contributed by atoms with Gasteiger partial charge in [0, 0.05) is 16.5 Å². The first kappa shape index (κ1) is 26.3. The third kappa shape index (κ3) is 7.79. The molecule has 0 bridgehead atoms. The highest BCUT2D eigenvalue weighted by Gasteiger charge is 2.24. The minimum atomic E-state index is -0.294. The van der Waals surface area contributed by atoms with Crippen LogP contribution in [0, 0.1) is 5.41 Å². The minimum absolute atomic E-state index is 0.0231. The van der Waals surface area contributed by atoms with Crippen molar-refractivity contribution in [2.45, 2.75) is 66.2 Å². The third-order valence-corrected chi connectivity index (χ3v) is 5.65. The molecular formula is C29H41NO. The monoisotopic (exact) mass is 419 g/mol. The molecule has 0 saturated carbocycles. The topological polar surface area (TPSA) is 46.2 Å². The summed E-state index contributed by atoms with van der Waals surface area (Å²) in [6, 6.07) is 8.91. The molecule has 0 heterocycles. The Labute approximate surface area is 190 Å². The van der Waals surface area contributed by atoms with Crippen molar-refractivity contribution in [3.63, 3.8) is 0 Å². The molecule has 1 aliphatic rings. The van der Waals surface area contributed by atoms with E-state index in [-0.39, 0.29) is 10.8 Å². The molecule has 0 atom stereocenters. The number of aliphatic hydroxyl groups is 1. The largest absolute Gasteiger partial charge is 0.511 e. The fourth-order valence-corrected chi connectivity index (χ4v) is 3.13. The van der Waals surface area contributed by atoms with Gasteiger partial charge in [0.25, 0.3) is 0 Å². The second kappa shape index (κ2) is 11.6. The average Bonchev–Trinajstić information content (AvgIpc) is 2.84. The molecule has 168 valence electrons. The van der Waals surface area contributed by atoms with E-state index in [4.69, 9.17) is 5.73 Å². The Kier molecular flexibility index (Phi) is 9.84. The molecule has 0 radical (unpaired) electrons. The van der Waals surface area contributed by atoms with Crippen molar-refractivity contribution in [2.24, 2.45) is 11.1 Å². The number of hydrogen-bond acceptors (Lipinski definition) is 2. The van der Waals surface area contributed by atoms with Gasteiger partial charge in [-0.3, -0.25) is 0 Å². The number of benzene rings is 1. The standard InChI is InChI=1S/C20H28.C9H13NO/c1-7-9-10-13-18(8-2)20(5,6)19-14-11-12-17(15-19)16(3)4;1-9(2)6-5-7(10)3-4-8(9)11/h8-16H,2,7H2,1,3-6H3;3-6,11H,10H2,1-2H3/b10-9-,18-13+;. The van der Waals surface area contributed by atoms with Gasteiger partial charge in [-0.15, -0.1) is 0 Å². The summed E-state index contributed by atoms with van der Waals surface area (Å²) in [5, 5.41) is 9.44. The van der Waals surface area contributed by atoms with Crippen LogP contribution in [-0.2, 0) is 5.41 Å². The van der Waals surface area contributed by atoms with E-state index in [1.54, 1.807) is 18.2 Å². The molecule has 2 nitrogen and oxygen atoms in total. The van der Waals surface area contributed by atoms with Crippen molar-refractivity contribution in [3.8, 4) is 0 Å². The predicted octanol–water partition coefficient (Wildman–Crippen LogP) is 8.03. The predicted molar refractivity (Wildman–Crippen MR) is 137 cm³/mol. The zero-order valence-electron chi connectivity index (χ0n) is 20.4. The number of allylic oxidation sites excluding steroid dienone is 9. The Morgan fingerprint density at radius 3 is 2.48 bits per heavy atom. The van der Waals surface area contributed by atoms with E-state index < -0.39 is 0 Å². The lowest BCUT2D eigenvalue weighted by atomic mass is 9.76. The van der Waals surface area contributed by atoms with Crippen molar-refractivity contribution in [1.29, 1.82) is 0 Å². The molecule has 0 spiro atoms. The van der Waals surface area contributed by atoms with Gasteiger partial charge in [0.1, 0.15) is 5.76 Å². The maximum Gasteiger partial charge on any atom is 0.102 e. The minimum Gasteiger partial charge on any atom is -0.511 e. The Balaban J connectivity index is 0.000000367. The molecule has 31 heavy (non-hydrogen) atoms. The summed E-state index contributed by atoms with van der Waals surface area (Å²) in [5.41, 5.74) is 9.88. The highest BCUT2D eigenvalue weighted by molar-refractivity contribution is 5.43. The van der Waals surface area contributed by atoms with Crippen molar-refractivity contribution in [1.82, 2.24) is 0 Å². The highest BCUT2D eigenvalue weighted by Crippen LogP contribution is 2.33. The Bertz CT molecular complexity index is 889. The van der Waals surface area contributed by atoms with E-state index in [2.05, 4.69) is 83.7 Å².